The van der Waals surface area contributed by atoms with E-state index in [0.29, 0.717) is 0 Å². The molecule has 1 atom stereocenters. The zero-order valence-corrected chi connectivity index (χ0v) is 12.3. The van der Waals surface area contributed by atoms with Crippen LogP contribution in [0.4, 0.5) is 5.69 Å². The number of benzene rings is 2. The zero-order valence-electron chi connectivity index (χ0n) is 12.3. The first-order valence-electron chi connectivity index (χ1n) is 6.78. The van der Waals surface area contributed by atoms with E-state index >= 15 is 0 Å². The molecule has 3 nitrogen and oxygen atoms in total. The van der Waals surface area contributed by atoms with Crippen LogP contribution < -0.4 is 15.4 Å². The highest BCUT2D eigenvalue weighted by Crippen LogP contribution is 2.22. The fourth-order valence-electron chi connectivity index (χ4n) is 2.35. The maximum absolute atomic E-state index is 6.33. The van der Waals surface area contributed by atoms with E-state index in [2.05, 4.69) is 30.0 Å². The smallest absolute Gasteiger partial charge is 0.120 e. The quantitative estimate of drug-likeness (QED) is 0.907. The maximum Gasteiger partial charge on any atom is 0.120 e. The van der Waals surface area contributed by atoms with Gasteiger partial charge in [-0.3, -0.25) is 0 Å². The van der Waals surface area contributed by atoms with Crippen LogP contribution >= 0.6 is 0 Å². The molecule has 0 bridgehead atoms. The fraction of sp³-hybridized carbons (Fsp3) is 0.294. The van der Waals surface area contributed by atoms with E-state index in [-0.39, 0.29) is 6.04 Å². The van der Waals surface area contributed by atoms with Crippen LogP contribution in [-0.4, -0.2) is 20.7 Å². The maximum atomic E-state index is 6.33. The molecule has 0 aromatic heterocycles. The van der Waals surface area contributed by atoms with Crippen LogP contribution in [0.2, 0.25) is 0 Å². The van der Waals surface area contributed by atoms with E-state index < -0.39 is 0 Å². The monoisotopic (exact) mass is 270 g/mol. The Kier molecular flexibility index (Phi) is 4.64. The van der Waals surface area contributed by atoms with Crippen molar-refractivity contribution in [2.75, 3.05) is 25.6 Å². The molecule has 0 saturated carbocycles. The summed E-state index contributed by atoms with van der Waals surface area (Å²) in [5.41, 5.74) is 9.87. The van der Waals surface area contributed by atoms with E-state index in [1.807, 2.05) is 37.4 Å². The molecule has 2 N–H and O–H groups in total. The third kappa shape index (κ3) is 3.31. The molecule has 0 aliphatic heterocycles. The number of ether oxygens (including phenoxy) is 1. The lowest BCUT2D eigenvalue weighted by atomic mass is 10.0. The summed E-state index contributed by atoms with van der Waals surface area (Å²) in [4.78, 5) is 2.15. The molecule has 2 aromatic carbocycles. The average Bonchev–Trinajstić information content (AvgIpc) is 2.47. The number of aryl methyl sites for hydroxylation is 1. The second-order valence-corrected chi connectivity index (χ2v) is 5.05. The van der Waals surface area contributed by atoms with Crippen molar-refractivity contribution in [1.29, 1.82) is 0 Å². The molecule has 106 valence electrons. The molecule has 0 fully saturated rings. The largest absolute Gasteiger partial charge is 0.497 e. The molecule has 0 saturated heterocycles. The van der Waals surface area contributed by atoms with Gasteiger partial charge in [0.15, 0.2) is 0 Å². The molecule has 2 rings (SSSR count). The lowest BCUT2D eigenvalue weighted by Gasteiger charge is -2.25. The standard InChI is InChI=1S/C17H22N2O/c1-13-7-4-5-10-16(13)17(18)12-19(2)14-8-6-9-15(11-14)20-3/h4-11,17H,12,18H2,1-3H3. The third-order valence-electron chi connectivity index (χ3n) is 3.55. The minimum absolute atomic E-state index is 0.00704. The first kappa shape index (κ1) is 14.4. The van der Waals surface area contributed by atoms with Gasteiger partial charge >= 0.3 is 0 Å². The lowest BCUT2D eigenvalue weighted by molar-refractivity contribution is 0.415. The minimum atomic E-state index is -0.00704. The van der Waals surface area contributed by atoms with Gasteiger partial charge in [-0.2, -0.15) is 0 Å². The highest BCUT2D eigenvalue weighted by Gasteiger charge is 2.12. The number of hydrogen-bond acceptors (Lipinski definition) is 3. The normalized spacial score (nSPS) is 12.0. The zero-order chi connectivity index (χ0) is 14.5. The minimum Gasteiger partial charge on any atom is -0.497 e. The summed E-state index contributed by atoms with van der Waals surface area (Å²) in [6, 6.07) is 16.3. The van der Waals surface area contributed by atoms with E-state index in [9.17, 15) is 0 Å². The van der Waals surface area contributed by atoms with Crippen molar-refractivity contribution in [3.8, 4) is 5.75 Å². The van der Waals surface area contributed by atoms with E-state index in [1.165, 1.54) is 11.1 Å². The van der Waals surface area contributed by atoms with Gasteiger partial charge in [0.2, 0.25) is 0 Å². The first-order valence-corrected chi connectivity index (χ1v) is 6.78. The molecule has 0 heterocycles. The molecule has 0 amide bonds. The van der Waals surface area contributed by atoms with Gasteiger partial charge in [-0.1, -0.05) is 30.3 Å². The van der Waals surface area contributed by atoms with Crippen LogP contribution in [0.5, 0.6) is 5.75 Å². The Morgan fingerprint density at radius 2 is 1.90 bits per heavy atom. The highest BCUT2D eigenvalue weighted by molar-refractivity contribution is 5.50. The van der Waals surface area contributed by atoms with Crippen LogP contribution in [0.3, 0.4) is 0 Å². The predicted molar refractivity (Wildman–Crippen MR) is 84.4 cm³/mol. The summed E-state index contributed by atoms with van der Waals surface area (Å²) in [7, 11) is 3.73. The van der Waals surface area contributed by atoms with Gasteiger partial charge in [-0.05, 0) is 30.2 Å². The Hall–Kier alpha value is -2.00. The van der Waals surface area contributed by atoms with Crippen molar-refractivity contribution in [3.63, 3.8) is 0 Å². The van der Waals surface area contributed by atoms with E-state index in [1.54, 1.807) is 7.11 Å². The molecular weight excluding hydrogens is 248 g/mol. The molecule has 0 radical (unpaired) electrons. The van der Waals surface area contributed by atoms with Crippen LogP contribution in [0.25, 0.3) is 0 Å². The summed E-state index contributed by atoms with van der Waals surface area (Å²) in [6.45, 7) is 2.86. The van der Waals surface area contributed by atoms with E-state index in [0.717, 1.165) is 18.0 Å². The molecule has 2 aromatic rings. The van der Waals surface area contributed by atoms with Gasteiger partial charge in [0, 0.05) is 31.4 Å². The summed E-state index contributed by atoms with van der Waals surface area (Å²) < 4.78 is 5.26. The summed E-state index contributed by atoms with van der Waals surface area (Å²) in [6.07, 6.45) is 0. The van der Waals surface area contributed by atoms with Gasteiger partial charge < -0.3 is 15.4 Å². The van der Waals surface area contributed by atoms with Crippen LogP contribution in [0, 0.1) is 6.92 Å². The molecule has 0 spiro atoms. The molecule has 0 aliphatic carbocycles. The number of methoxy groups -OCH3 is 1. The van der Waals surface area contributed by atoms with Crippen molar-refractivity contribution >= 4 is 5.69 Å². The second-order valence-electron chi connectivity index (χ2n) is 5.05. The summed E-state index contributed by atoms with van der Waals surface area (Å²) in [5, 5.41) is 0. The highest BCUT2D eigenvalue weighted by atomic mass is 16.5. The van der Waals surface area contributed by atoms with Crippen molar-refractivity contribution < 1.29 is 4.74 Å². The molecule has 20 heavy (non-hydrogen) atoms. The Balaban J connectivity index is 2.11. The average molecular weight is 270 g/mol. The van der Waals surface area contributed by atoms with Crippen molar-refractivity contribution in [1.82, 2.24) is 0 Å². The summed E-state index contributed by atoms with van der Waals surface area (Å²) >= 11 is 0. The van der Waals surface area contributed by atoms with Crippen molar-refractivity contribution in [2.45, 2.75) is 13.0 Å². The third-order valence-corrected chi connectivity index (χ3v) is 3.55. The Morgan fingerprint density at radius 3 is 2.60 bits per heavy atom. The fourth-order valence-corrected chi connectivity index (χ4v) is 2.35. The number of anilines is 1. The lowest BCUT2D eigenvalue weighted by Crippen LogP contribution is -2.29. The topological polar surface area (TPSA) is 38.5 Å². The number of nitrogens with two attached hydrogens (primary N) is 1. The summed E-state index contributed by atoms with van der Waals surface area (Å²) in [5.74, 6) is 0.860. The van der Waals surface area contributed by atoms with Gasteiger partial charge in [0.1, 0.15) is 5.75 Å². The Labute approximate surface area is 121 Å². The SMILES string of the molecule is COc1cccc(N(C)CC(N)c2ccccc2C)c1. The van der Waals surface area contributed by atoms with Gasteiger partial charge in [0.05, 0.1) is 7.11 Å². The molecule has 3 heteroatoms. The van der Waals surface area contributed by atoms with Crippen LogP contribution in [-0.2, 0) is 0 Å². The number of nitrogens with zero attached hydrogens (tertiary/aromatic N) is 1. The van der Waals surface area contributed by atoms with Crippen LogP contribution in [0.15, 0.2) is 48.5 Å². The van der Waals surface area contributed by atoms with Crippen molar-refractivity contribution in [2.24, 2.45) is 5.73 Å². The number of hydrogen-bond donors (Lipinski definition) is 1. The van der Waals surface area contributed by atoms with Crippen LogP contribution in [0.1, 0.15) is 17.2 Å². The van der Waals surface area contributed by atoms with E-state index in [4.69, 9.17) is 10.5 Å². The van der Waals surface area contributed by atoms with Gasteiger partial charge in [-0.25, -0.2) is 0 Å². The molecular formula is C17H22N2O. The number of rotatable bonds is 5. The molecule has 0 aliphatic rings. The Bertz CT molecular complexity index is 568. The Morgan fingerprint density at radius 1 is 1.15 bits per heavy atom. The number of likely N-dealkylation sites (N-methyl/N-ethyl adjacent to an activating group) is 1. The van der Waals surface area contributed by atoms with Gasteiger partial charge in [-0.15, -0.1) is 0 Å². The van der Waals surface area contributed by atoms with Gasteiger partial charge in [0.25, 0.3) is 0 Å². The molecule has 1 unspecified atom stereocenters. The van der Waals surface area contributed by atoms with Crippen molar-refractivity contribution in [3.05, 3.63) is 59.7 Å². The second kappa shape index (κ2) is 6.44. The first-order chi connectivity index (χ1) is 9.61. The predicted octanol–water partition coefficient (Wildman–Crippen LogP) is 3.14.